The van der Waals surface area contributed by atoms with Gasteiger partial charge in [0.05, 0.1) is 12.3 Å². The maximum Gasteiger partial charge on any atom is 0.166 e. The molecule has 1 aromatic heterocycles. The number of nitrogens with one attached hydrogen (secondary N) is 1. The number of aromatic amines is 1. The van der Waals surface area contributed by atoms with Crippen LogP contribution in [0.4, 0.5) is 0 Å². The van der Waals surface area contributed by atoms with E-state index in [-0.39, 0.29) is 6.29 Å². The summed E-state index contributed by atoms with van der Waals surface area (Å²) in [5.41, 5.74) is 1.49. The zero-order valence-electron chi connectivity index (χ0n) is 8.57. The lowest BCUT2D eigenvalue weighted by Gasteiger charge is -2.22. The molecule has 0 amide bonds. The van der Waals surface area contributed by atoms with Crippen LogP contribution in [0.2, 0.25) is 0 Å². The Hall–Kier alpha value is -1.13. The Morgan fingerprint density at radius 1 is 1.53 bits per heavy atom. The SMILES string of the molecule is O=Cc1ccc(COC2CCCCO2)[nH]1. The van der Waals surface area contributed by atoms with Gasteiger partial charge in [-0.15, -0.1) is 0 Å². The smallest absolute Gasteiger partial charge is 0.166 e. The largest absolute Gasteiger partial charge is 0.354 e. The van der Waals surface area contributed by atoms with Crippen molar-refractivity contribution in [2.24, 2.45) is 0 Å². The summed E-state index contributed by atoms with van der Waals surface area (Å²) in [6, 6.07) is 3.60. The van der Waals surface area contributed by atoms with Crippen LogP contribution in [0.1, 0.15) is 35.4 Å². The number of aldehydes is 1. The highest BCUT2D eigenvalue weighted by atomic mass is 16.7. The molecule has 15 heavy (non-hydrogen) atoms. The van der Waals surface area contributed by atoms with Crippen LogP contribution in [0.3, 0.4) is 0 Å². The molecule has 0 spiro atoms. The Labute approximate surface area is 88.6 Å². The van der Waals surface area contributed by atoms with Gasteiger partial charge in [-0.25, -0.2) is 0 Å². The minimum absolute atomic E-state index is 0.0817. The van der Waals surface area contributed by atoms with Crippen molar-refractivity contribution in [2.45, 2.75) is 32.2 Å². The van der Waals surface area contributed by atoms with Crippen LogP contribution in [0, 0.1) is 0 Å². The minimum atomic E-state index is -0.0817. The molecule has 1 N–H and O–H groups in total. The summed E-state index contributed by atoms with van der Waals surface area (Å²) in [4.78, 5) is 13.4. The molecule has 0 saturated carbocycles. The van der Waals surface area contributed by atoms with E-state index < -0.39 is 0 Å². The van der Waals surface area contributed by atoms with E-state index in [0.717, 1.165) is 37.8 Å². The molecule has 1 aliphatic rings. The number of ether oxygens (including phenoxy) is 2. The second-order valence-electron chi connectivity index (χ2n) is 3.66. The van der Waals surface area contributed by atoms with Gasteiger partial charge in [-0.2, -0.15) is 0 Å². The zero-order valence-corrected chi connectivity index (χ0v) is 8.57. The maximum atomic E-state index is 10.4. The average Bonchev–Trinajstić information content (AvgIpc) is 2.76. The highest BCUT2D eigenvalue weighted by Crippen LogP contribution is 2.15. The first-order valence-electron chi connectivity index (χ1n) is 5.25. The van der Waals surface area contributed by atoms with Gasteiger partial charge in [0.2, 0.25) is 0 Å². The Bertz CT molecular complexity index is 315. The Morgan fingerprint density at radius 2 is 2.47 bits per heavy atom. The average molecular weight is 209 g/mol. The fraction of sp³-hybridized carbons (Fsp3) is 0.545. The van der Waals surface area contributed by atoms with Gasteiger partial charge in [-0.1, -0.05) is 0 Å². The van der Waals surface area contributed by atoms with Crippen molar-refractivity contribution < 1.29 is 14.3 Å². The number of rotatable bonds is 4. The normalized spacial score (nSPS) is 21.5. The molecular formula is C11H15NO3. The number of carbonyl (C=O) groups is 1. The number of hydrogen-bond acceptors (Lipinski definition) is 3. The predicted molar refractivity (Wildman–Crippen MR) is 54.6 cm³/mol. The molecule has 4 nitrogen and oxygen atoms in total. The highest BCUT2D eigenvalue weighted by molar-refractivity contribution is 5.71. The van der Waals surface area contributed by atoms with Gasteiger partial charge in [-0.05, 0) is 31.4 Å². The molecule has 1 aromatic rings. The topological polar surface area (TPSA) is 51.3 Å². The fourth-order valence-electron chi connectivity index (χ4n) is 1.64. The molecule has 0 aromatic carbocycles. The van der Waals surface area contributed by atoms with E-state index in [2.05, 4.69) is 4.98 Å². The first kappa shape index (κ1) is 10.4. The third-order valence-corrected chi connectivity index (χ3v) is 2.46. The van der Waals surface area contributed by atoms with Gasteiger partial charge in [0.15, 0.2) is 12.6 Å². The minimum Gasteiger partial charge on any atom is -0.354 e. The summed E-state index contributed by atoms with van der Waals surface area (Å²) in [6.45, 7) is 1.26. The van der Waals surface area contributed by atoms with Crippen molar-refractivity contribution in [3.63, 3.8) is 0 Å². The molecule has 1 aliphatic heterocycles. The van der Waals surface area contributed by atoms with E-state index in [4.69, 9.17) is 9.47 Å². The Kier molecular flexibility index (Phi) is 3.53. The van der Waals surface area contributed by atoms with E-state index in [0.29, 0.717) is 12.3 Å². The summed E-state index contributed by atoms with van der Waals surface area (Å²) in [6.07, 6.45) is 3.95. The van der Waals surface area contributed by atoms with Crippen LogP contribution >= 0.6 is 0 Å². The van der Waals surface area contributed by atoms with Gasteiger partial charge in [0, 0.05) is 12.3 Å². The van der Waals surface area contributed by atoms with E-state index in [1.807, 2.05) is 6.07 Å². The lowest BCUT2D eigenvalue weighted by molar-refractivity contribution is -0.169. The van der Waals surface area contributed by atoms with Gasteiger partial charge in [-0.3, -0.25) is 4.79 Å². The fourth-order valence-corrected chi connectivity index (χ4v) is 1.64. The molecule has 4 heteroatoms. The number of aromatic nitrogens is 1. The molecule has 2 heterocycles. The van der Waals surface area contributed by atoms with Crippen molar-refractivity contribution in [1.82, 2.24) is 4.98 Å². The van der Waals surface area contributed by atoms with Gasteiger partial charge in [0.1, 0.15) is 0 Å². The summed E-state index contributed by atoms with van der Waals surface area (Å²) in [7, 11) is 0. The standard InChI is InChI=1S/C11H15NO3/c13-7-9-4-5-10(12-9)8-15-11-3-1-2-6-14-11/h4-5,7,11-12H,1-3,6,8H2. The molecule has 2 rings (SSSR count). The monoisotopic (exact) mass is 209 g/mol. The maximum absolute atomic E-state index is 10.4. The Balaban J connectivity index is 1.79. The molecule has 82 valence electrons. The Morgan fingerprint density at radius 3 is 3.13 bits per heavy atom. The zero-order chi connectivity index (χ0) is 10.5. The number of hydrogen-bond donors (Lipinski definition) is 1. The van der Waals surface area contributed by atoms with Crippen LogP contribution in [0.25, 0.3) is 0 Å². The molecule has 0 aliphatic carbocycles. The first-order valence-corrected chi connectivity index (χ1v) is 5.25. The number of carbonyl (C=O) groups excluding carboxylic acids is 1. The summed E-state index contributed by atoms with van der Waals surface area (Å²) < 4.78 is 11.0. The molecule has 1 fully saturated rings. The molecule has 1 saturated heterocycles. The molecule has 0 radical (unpaired) electrons. The van der Waals surface area contributed by atoms with Crippen LogP contribution in [-0.4, -0.2) is 24.2 Å². The second-order valence-corrected chi connectivity index (χ2v) is 3.66. The lowest BCUT2D eigenvalue weighted by atomic mass is 10.2. The van der Waals surface area contributed by atoms with Crippen LogP contribution in [0.5, 0.6) is 0 Å². The van der Waals surface area contributed by atoms with Gasteiger partial charge < -0.3 is 14.5 Å². The van der Waals surface area contributed by atoms with Crippen molar-refractivity contribution in [2.75, 3.05) is 6.61 Å². The van der Waals surface area contributed by atoms with E-state index in [9.17, 15) is 4.79 Å². The van der Waals surface area contributed by atoms with E-state index >= 15 is 0 Å². The summed E-state index contributed by atoms with van der Waals surface area (Å²) in [5, 5.41) is 0. The van der Waals surface area contributed by atoms with Crippen molar-refractivity contribution in [1.29, 1.82) is 0 Å². The van der Waals surface area contributed by atoms with E-state index in [1.165, 1.54) is 0 Å². The second kappa shape index (κ2) is 5.09. The first-order chi connectivity index (χ1) is 7.38. The van der Waals surface area contributed by atoms with E-state index in [1.54, 1.807) is 6.07 Å². The lowest BCUT2D eigenvalue weighted by Crippen LogP contribution is -2.22. The molecule has 1 atom stereocenters. The third kappa shape index (κ3) is 2.91. The van der Waals surface area contributed by atoms with Crippen LogP contribution < -0.4 is 0 Å². The van der Waals surface area contributed by atoms with Gasteiger partial charge >= 0.3 is 0 Å². The van der Waals surface area contributed by atoms with Crippen LogP contribution in [-0.2, 0) is 16.1 Å². The summed E-state index contributed by atoms with van der Waals surface area (Å²) in [5.74, 6) is 0. The third-order valence-electron chi connectivity index (χ3n) is 2.46. The highest BCUT2D eigenvalue weighted by Gasteiger charge is 2.14. The molecular weight excluding hydrogens is 194 g/mol. The quantitative estimate of drug-likeness (QED) is 0.770. The van der Waals surface area contributed by atoms with Crippen molar-refractivity contribution in [3.8, 4) is 0 Å². The summed E-state index contributed by atoms with van der Waals surface area (Å²) >= 11 is 0. The molecule has 1 unspecified atom stereocenters. The molecule has 0 bridgehead atoms. The van der Waals surface area contributed by atoms with Crippen LogP contribution in [0.15, 0.2) is 12.1 Å². The van der Waals surface area contributed by atoms with Gasteiger partial charge in [0.25, 0.3) is 0 Å². The predicted octanol–water partition coefficient (Wildman–Crippen LogP) is 1.87. The van der Waals surface area contributed by atoms with Crippen molar-refractivity contribution >= 4 is 6.29 Å². The number of H-pyrrole nitrogens is 1. The van der Waals surface area contributed by atoms with Crippen molar-refractivity contribution in [3.05, 3.63) is 23.5 Å².